The van der Waals surface area contributed by atoms with Crippen molar-refractivity contribution in [2.24, 2.45) is 17.8 Å². The lowest BCUT2D eigenvalue weighted by atomic mass is 9.76. The Hall–Kier alpha value is -3.33. The van der Waals surface area contributed by atoms with Crippen LogP contribution in [-0.4, -0.2) is 45.6 Å². The monoisotopic (exact) mass is 494 g/mol. The average molecular weight is 495 g/mol. The molecular formula is C26H30N4O4S. The van der Waals surface area contributed by atoms with E-state index in [9.17, 15) is 14.7 Å². The third-order valence-corrected chi connectivity index (χ3v) is 7.42. The largest absolute Gasteiger partial charge is 0.481 e. The Bertz CT molecular complexity index is 1180. The van der Waals surface area contributed by atoms with Gasteiger partial charge in [0.05, 0.1) is 43.2 Å². The predicted octanol–water partition coefficient (Wildman–Crippen LogP) is 5.16. The molecule has 2 aromatic heterocycles. The molecule has 184 valence electrons. The van der Waals surface area contributed by atoms with E-state index in [-0.39, 0.29) is 24.2 Å². The number of nitrogens with zero attached hydrogens (tertiary/aromatic N) is 4. The highest BCUT2D eigenvalue weighted by molar-refractivity contribution is 7.14. The van der Waals surface area contributed by atoms with E-state index >= 15 is 0 Å². The molecule has 0 bridgehead atoms. The van der Waals surface area contributed by atoms with Crippen molar-refractivity contribution >= 4 is 28.3 Å². The predicted molar refractivity (Wildman–Crippen MR) is 135 cm³/mol. The first-order valence-electron chi connectivity index (χ1n) is 11.8. The maximum atomic E-state index is 13.6. The number of ether oxygens (including phenoxy) is 1. The van der Waals surface area contributed by atoms with Crippen molar-refractivity contribution in [3.8, 4) is 28.4 Å². The van der Waals surface area contributed by atoms with Gasteiger partial charge in [-0.3, -0.25) is 14.5 Å². The van der Waals surface area contributed by atoms with Gasteiger partial charge in [0.2, 0.25) is 11.8 Å². The van der Waals surface area contributed by atoms with Crippen LogP contribution >= 0.6 is 11.3 Å². The highest BCUT2D eigenvalue weighted by Crippen LogP contribution is 2.37. The van der Waals surface area contributed by atoms with Crippen LogP contribution in [-0.2, 0) is 9.59 Å². The van der Waals surface area contributed by atoms with Gasteiger partial charge in [-0.15, -0.1) is 11.3 Å². The number of carbonyl (C=O) groups excluding carboxylic acids is 1. The van der Waals surface area contributed by atoms with Crippen LogP contribution < -0.4 is 9.64 Å². The molecule has 1 aliphatic rings. The van der Waals surface area contributed by atoms with Crippen molar-refractivity contribution in [1.29, 1.82) is 0 Å². The molecule has 1 N–H and O–H groups in total. The molecule has 0 unspecified atom stereocenters. The van der Waals surface area contributed by atoms with Gasteiger partial charge in [-0.2, -0.15) is 0 Å². The summed E-state index contributed by atoms with van der Waals surface area (Å²) >= 11 is 1.40. The number of aliphatic carboxylic acids is 1. The molecule has 1 fully saturated rings. The van der Waals surface area contributed by atoms with Crippen LogP contribution in [0.25, 0.3) is 22.5 Å². The summed E-state index contributed by atoms with van der Waals surface area (Å²) in [6, 6.07) is 7.80. The second kappa shape index (κ2) is 10.9. The van der Waals surface area contributed by atoms with Crippen LogP contribution in [0.5, 0.6) is 5.88 Å². The standard InChI is InChI=1S/C26H30N4O4S/c1-16(2)17-8-6-7-11-30(25(33)20(17)12-24(31)32)26-29-22(15-35-26)19-10-5-4-9-18(19)21-13-28-23(34-3)14-27-21/h4-5,9-10,13-17,20H,6-8,11-12H2,1-3H3,(H,31,32)/t17-,20+/m1/s1. The van der Waals surface area contributed by atoms with E-state index in [2.05, 4.69) is 23.8 Å². The normalized spacial score (nSPS) is 18.9. The zero-order valence-electron chi connectivity index (χ0n) is 20.2. The lowest BCUT2D eigenvalue weighted by Gasteiger charge is -2.34. The van der Waals surface area contributed by atoms with Crippen LogP contribution in [0.3, 0.4) is 0 Å². The van der Waals surface area contributed by atoms with Crippen molar-refractivity contribution < 1.29 is 19.4 Å². The number of carbonyl (C=O) groups is 2. The Balaban J connectivity index is 1.67. The summed E-state index contributed by atoms with van der Waals surface area (Å²) in [7, 11) is 1.55. The van der Waals surface area contributed by atoms with Crippen molar-refractivity contribution in [2.45, 2.75) is 39.5 Å². The number of aromatic nitrogens is 3. The zero-order chi connectivity index (χ0) is 24.9. The minimum absolute atomic E-state index is 0.0372. The fourth-order valence-corrected chi connectivity index (χ4v) is 5.62. The summed E-state index contributed by atoms with van der Waals surface area (Å²) < 4.78 is 5.12. The molecule has 1 aliphatic heterocycles. The number of benzene rings is 1. The van der Waals surface area contributed by atoms with Gasteiger partial charge < -0.3 is 9.84 Å². The van der Waals surface area contributed by atoms with E-state index in [4.69, 9.17) is 9.72 Å². The van der Waals surface area contributed by atoms with E-state index in [1.807, 2.05) is 29.6 Å². The Morgan fingerprint density at radius 2 is 1.91 bits per heavy atom. The molecule has 1 saturated heterocycles. The van der Waals surface area contributed by atoms with Gasteiger partial charge in [-0.05, 0) is 24.7 Å². The van der Waals surface area contributed by atoms with Gasteiger partial charge in [-0.25, -0.2) is 15.0 Å². The second-order valence-electron chi connectivity index (χ2n) is 9.10. The molecule has 0 radical (unpaired) electrons. The Kier molecular flexibility index (Phi) is 7.75. The zero-order valence-corrected chi connectivity index (χ0v) is 21.0. The molecular weight excluding hydrogens is 464 g/mol. The SMILES string of the molecule is COc1cnc(-c2ccccc2-c2csc(N3CCCC[C@H](C(C)C)[C@H](CC(=O)O)C3=O)n2)cn1. The molecule has 3 aromatic rings. The van der Waals surface area contributed by atoms with Crippen LogP contribution in [0.15, 0.2) is 42.0 Å². The molecule has 8 nitrogen and oxygen atoms in total. The molecule has 3 heterocycles. The van der Waals surface area contributed by atoms with Crippen molar-refractivity contribution in [3.63, 3.8) is 0 Å². The van der Waals surface area contributed by atoms with E-state index in [0.29, 0.717) is 23.3 Å². The van der Waals surface area contributed by atoms with Gasteiger partial charge in [0.25, 0.3) is 0 Å². The van der Waals surface area contributed by atoms with E-state index < -0.39 is 11.9 Å². The second-order valence-corrected chi connectivity index (χ2v) is 9.94. The van der Waals surface area contributed by atoms with Crippen LogP contribution in [0.2, 0.25) is 0 Å². The van der Waals surface area contributed by atoms with Gasteiger partial charge >= 0.3 is 5.97 Å². The number of amides is 1. The van der Waals surface area contributed by atoms with E-state index in [1.165, 1.54) is 11.3 Å². The average Bonchev–Trinajstić information content (AvgIpc) is 3.33. The number of thiazole rings is 1. The summed E-state index contributed by atoms with van der Waals surface area (Å²) in [6.07, 6.45) is 5.77. The first kappa shape index (κ1) is 24.8. The Morgan fingerprint density at radius 3 is 2.54 bits per heavy atom. The maximum Gasteiger partial charge on any atom is 0.304 e. The third kappa shape index (κ3) is 5.51. The molecule has 0 saturated carbocycles. The van der Waals surface area contributed by atoms with Crippen LogP contribution in [0.4, 0.5) is 5.13 Å². The number of methoxy groups -OCH3 is 1. The minimum atomic E-state index is -0.941. The molecule has 2 atom stereocenters. The fraction of sp³-hybridized carbons (Fsp3) is 0.423. The van der Waals surface area contributed by atoms with Crippen molar-refractivity contribution in [1.82, 2.24) is 15.0 Å². The summed E-state index contributed by atoms with van der Waals surface area (Å²) in [4.78, 5) is 40.5. The van der Waals surface area contributed by atoms with Crippen LogP contribution in [0.1, 0.15) is 39.5 Å². The minimum Gasteiger partial charge on any atom is -0.481 e. The quantitative estimate of drug-likeness (QED) is 0.484. The molecule has 4 rings (SSSR count). The van der Waals surface area contributed by atoms with Gasteiger partial charge in [0, 0.05) is 23.1 Å². The molecule has 35 heavy (non-hydrogen) atoms. The topological polar surface area (TPSA) is 106 Å². The number of rotatable bonds is 7. The summed E-state index contributed by atoms with van der Waals surface area (Å²) in [6.45, 7) is 4.68. The molecule has 1 amide bonds. The van der Waals surface area contributed by atoms with E-state index in [1.54, 1.807) is 24.4 Å². The lowest BCUT2D eigenvalue weighted by molar-refractivity contribution is -0.142. The van der Waals surface area contributed by atoms with Gasteiger partial charge in [0.1, 0.15) is 0 Å². The van der Waals surface area contributed by atoms with E-state index in [0.717, 1.165) is 36.1 Å². The summed E-state index contributed by atoms with van der Waals surface area (Å²) in [5.74, 6) is -0.928. The fourth-order valence-electron chi connectivity index (χ4n) is 4.76. The molecule has 9 heteroatoms. The molecule has 0 spiro atoms. The van der Waals surface area contributed by atoms with Crippen molar-refractivity contribution in [3.05, 3.63) is 42.0 Å². The Labute approximate surface area is 209 Å². The molecule has 1 aromatic carbocycles. The number of carboxylic acid groups (broad SMARTS) is 1. The number of hydrogen-bond donors (Lipinski definition) is 1. The molecule has 0 aliphatic carbocycles. The highest BCUT2D eigenvalue weighted by Gasteiger charge is 2.37. The number of hydrogen-bond acceptors (Lipinski definition) is 7. The van der Waals surface area contributed by atoms with Gasteiger partial charge in [-0.1, -0.05) is 44.5 Å². The summed E-state index contributed by atoms with van der Waals surface area (Å²) in [5, 5.41) is 12.1. The Morgan fingerprint density at radius 1 is 1.17 bits per heavy atom. The van der Waals surface area contributed by atoms with Gasteiger partial charge in [0.15, 0.2) is 5.13 Å². The number of anilines is 1. The highest BCUT2D eigenvalue weighted by atomic mass is 32.1. The van der Waals surface area contributed by atoms with Crippen molar-refractivity contribution in [2.75, 3.05) is 18.6 Å². The first-order valence-corrected chi connectivity index (χ1v) is 12.7. The number of carboxylic acids is 1. The van der Waals surface area contributed by atoms with Crippen LogP contribution in [0, 0.1) is 17.8 Å². The smallest absolute Gasteiger partial charge is 0.304 e. The first-order chi connectivity index (χ1) is 16.9. The maximum absolute atomic E-state index is 13.6. The third-order valence-electron chi connectivity index (χ3n) is 6.56. The summed E-state index contributed by atoms with van der Waals surface area (Å²) in [5.41, 5.74) is 3.20. The lowest BCUT2D eigenvalue weighted by Crippen LogP contribution is -2.43.